The van der Waals surface area contributed by atoms with Crippen LogP contribution in [-0.2, 0) is 9.84 Å². The van der Waals surface area contributed by atoms with E-state index in [9.17, 15) is 8.42 Å². The molecule has 1 aliphatic rings. The van der Waals surface area contributed by atoms with Gasteiger partial charge in [-0.1, -0.05) is 38.1 Å². The van der Waals surface area contributed by atoms with Gasteiger partial charge in [-0.05, 0) is 41.9 Å². The number of allylic oxidation sites excluding steroid dienone is 1. The highest BCUT2D eigenvalue weighted by molar-refractivity contribution is 8.17. The number of hydrogen-bond acceptors (Lipinski definition) is 4. The van der Waals surface area contributed by atoms with Crippen LogP contribution in [0.25, 0.3) is 0 Å². The zero-order valence-electron chi connectivity index (χ0n) is 12.5. The summed E-state index contributed by atoms with van der Waals surface area (Å²) in [7, 11) is -3.31. The molecule has 1 heterocycles. The monoisotopic (exact) mass is 342 g/mol. The maximum atomic E-state index is 12.2. The molecule has 0 spiro atoms. The van der Waals surface area contributed by atoms with Gasteiger partial charge in [0.15, 0.2) is 9.84 Å². The van der Waals surface area contributed by atoms with Crippen molar-refractivity contribution >= 4 is 33.4 Å². The fraction of sp³-hybridized carbons (Fsp3) is 0.500. The largest absolute Gasteiger partial charge is 0.219 e. The molecule has 1 fully saturated rings. The molecule has 0 unspecified atom stereocenters. The lowest BCUT2D eigenvalue weighted by molar-refractivity contribution is 0.411. The Morgan fingerprint density at radius 1 is 1.19 bits per heavy atom. The topological polar surface area (TPSA) is 34.1 Å². The average molecular weight is 343 g/mol. The van der Waals surface area contributed by atoms with Gasteiger partial charge in [-0.3, -0.25) is 0 Å². The molecule has 0 amide bonds. The van der Waals surface area contributed by atoms with E-state index in [0.29, 0.717) is 9.48 Å². The van der Waals surface area contributed by atoms with Crippen LogP contribution in [0, 0.1) is 5.41 Å². The van der Waals surface area contributed by atoms with Crippen LogP contribution >= 0.6 is 23.5 Å². The predicted molar refractivity (Wildman–Crippen MR) is 94.5 cm³/mol. The second-order valence-electron chi connectivity index (χ2n) is 5.85. The summed E-state index contributed by atoms with van der Waals surface area (Å²) >= 11 is 4.01. The van der Waals surface area contributed by atoms with E-state index in [1.54, 1.807) is 24.3 Å². The molecule has 0 aliphatic carbocycles. The third-order valence-electron chi connectivity index (χ3n) is 3.46. The lowest BCUT2D eigenvalue weighted by Gasteiger charge is -2.35. The first-order chi connectivity index (χ1) is 9.92. The van der Waals surface area contributed by atoms with Gasteiger partial charge in [0.2, 0.25) is 0 Å². The molecule has 0 radical (unpaired) electrons. The number of hydrogen-bond donors (Lipinski definition) is 0. The van der Waals surface area contributed by atoms with Gasteiger partial charge in [-0.15, -0.1) is 23.5 Å². The van der Waals surface area contributed by atoms with E-state index in [2.05, 4.69) is 13.8 Å². The second-order valence-corrected chi connectivity index (χ2v) is 10.4. The van der Waals surface area contributed by atoms with E-state index in [4.69, 9.17) is 0 Å². The maximum Gasteiger partial charge on any atom is 0.199 e. The van der Waals surface area contributed by atoms with Gasteiger partial charge in [0, 0.05) is 5.41 Å². The van der Waals surface area contributed by atoms with Crippen molar-refractivity contribution in [2.75, 3.05) is 11.5 Å². The minimum absolute atomic E-state index is 0.110. The van der Waals surface area contributed by atoms with E-state index in [1.165, 1.54) is 23.3 Å². The molecule has 0 atom stereocenters. The van der Waals surface area contributed by atoms with E-state index >= 15 is 0 Å². The van der Waals surface area contributed by atoms with Crippen LogP contribution in [0.4, 0.5) is 0 Å². The molecule has 2 nitrogen and oxygen atoms in total. The predicted octanol–water partition coefficient (Wildman–Crippen LogP) is 4.59. The molecule has 0 aromatic heterocycles. The lowest BCUT2D eigenvalue weighted by Crippen LogP contribution is -2.26. The molecule has 5 heteroatoms. The minimum atomic E-state index is -3.31. The summed E-state index contributed by atoms with van der Waals surface area (Å²) in [6.45, 7) is 4.45. The van der Waals surface area contributed by atoms with Crippen LogP contribution in [-0.4, -0.2) is 24.5 Å². The van der Waals surface area contributed by atoms with Crippen molar-refractivity contribution in [2.24, 2.45) is 5.41 Å². The Morgan fingerprint density at radius 3 is 2.43 bits per heavy atom. The molecular formula is C16H22O2S3. The Hall–Kier alpha value is -0.390. The summed E-state index contributed by atoms with van der Waals surface area (Å²) in [5.41, 5.74) is 0.110. The summed E-state index contributed by atoms with van der Waals surface area (Å²) < 4.78 is 24.9. The van der Waals surface area contributed by atoms with E-state index in [1.807, 2.05) is 35.7 Å². The molecule has 0 saturated carbocycles. The summed E-state index contributed by atoms with van der Waals surface area (Å²) in [4.78, 5) is 0.362. The highest BCUT2D eigenvalue weighted by Crippen LogP contribution is 2.44. The summed E-state index contributed by atoms with van der Waals surface area (Å²) in [5, 5.41) is 1.36. The van der Waals surface area contributed by atoms with Crippen molar-refractivity contribution in [3.63, 3.8) is 0 Å². The van der Waals surface area contributed by atoms with Crippen LogP contribution in [0.2, 0.25) is 0 Å². The molecular weight excluding hydrogens is 320 g/mol. The molecule has 0 N–H and O–H groups in total. The van der Waals surface area contributed by atoms with Crippen LogP contribution in [0.5, 0.6) is 0 Å². The first-order valence-corrected chi connectivity index (χ1v) is 10.8. The van der Waals surface area contributed by atoms with Gasteiger partial charge >= 0.3 is 0 Å². The summed E-state index contributed by atoms with van der Waals surface area (Å²) in [5.74, 6) is 2.43. The highest BCUT2D eigenvalue weighted by Gasteiger charge is 2.30. The van der Waals surface area contributed by atoms with E-state index in [-0.39, 0.29) is 5.41 Å². The molecule has 1 aliphatic heterocycles. The molecule has 21 heavy (non-hydrogen) atoms. The SMILES string of the molecule is CC(C)(C/C=C/S(=O)(=O)c1ccccc1)C1SCCCS1. The minimum Gasteiger partial charge on any atom is -0.219 e. The van der Waals surface area contributed by atoms with E-state index < -0.39 is 9.84 Å². The van der Waals surface area contributed by atoms with Crippen LogP contribution in [0.1, 0.15) is 26.7 Å². The molecule has 1 aromatic rings. The fourth-order valence-corrected chi connectivity index (χ4v) is 6.54. The van der Waals surface area contributed by atoms with Crippen molar-refractivity contribution in [3.05, 3.63) is 41.8 Å². The third-order valence-corrected chi connectivity index (χ3v) is 8.68. The van der Waals surface area contributed by atoms with Gasteiger partial charge in [-0.2, -0.15) is 0 Å². The normalized spacial score (nSPS) is 18.2. The van der Waals surface area contributed by atoms with Crippen LogP contribution in [0.15, 0.2) is 46.7 Å². The van der Waals surface area contributed by atoms with Crippen LogP contribution < -0.4 is 0 Å². The third kappa shape index (κ3) is 4.80. The summed E-state index contributed by atoms with van der Waals surface area (Å²) in [6.07, 6.45) is 3.88. The Labute approximate surface area is 136 Å². The molecule has 1 aromatic carbocycles. The Morgan fingerprint density at radius 2 is 1.81 bits per heavy atom. The molecule has 116 valence electrons. The number of rotatable bonds is 5. The highest BCUT2D eigenvalue weighted by atomic mass is 32.2. The average Bonchev–Trinajstić information content (AvgIpc) is 2.49. The lowest BCUT2D eigenvalue weighted by atomic mass is 9.92. The van der Waals surface area contributed by atoms with Gasteiger partial charge in [-0.25, -0.2) is 8.42 Å². The summed E-state index contributed by atoms with van der Waals surface area (Å²) in [6, 6.07) is 8.60. The van der Waals surface area contributed by atoms with Crippen molar-refractivity contribution in [1.82, 2.24) is 0 Å². The van der Waals surface area contributed by atoms with Crippen molar-refractivity contribution in [1.29, 1.82) is 0 Å². The standard InChI is InChI=1S/C16H22O2S3/c1-16(2,15-19-11-7-12-20-15)10-6-13-21(17,18)14-8-4-3-5-9-14/h3-6,8-9,13,15H,7,10-12H2,1-2H3/b13-6+. The Kier molecular flexibility index (Phi) is 5.86. The molecule has 1 saturated heterocycles. The Bertz CT molecular complexity index is 571. The fourth-order valence-electron chi connectivity index (χ4n) is 2.20. The van der Waals surface area contributed by atoms with Gasteiger partial charge in [0.1, 0.15) is 0 Å². The Balaban J connectivity index is 2.01. The van der Waals surface area contributed by atoms with Crippen molar-refractivity contribution < 1.29 is 8.42 Å². The quantitative estimate of drug-likeness (QED) is 0.784. The van der Waals surface area contributed by atoms with Gasteiger partial charge in [0.25, 0.3) is 0 Å². The number of thioether (sulfide) groups is 2. The van der Waals surface area contributed by atoms with Gasteiger partial charge in [0.05, 0.1) is 9.48 Å². The first kappa shape index (κ1) is 17.0. The second kappa shape index (κ2) is 7.25. The van der Waals surface area contributed by atoms with Crippen molar-refractivity contribution in [2.45, 2.75) is 36.2 Å². The van der Waals surface area contributed by atoms with Crippen LogP contribution in [0.3, 0.4) is 0 Å². The maximum absolute atomic E-state index is 12.2. The number of benzene rings is 1. The zero-order valence-corrected chi connectivity index (χ0v) is 14.9. The van der Waals surface area contributed by atoms with Crippen molar-refractivity contribution in [3.8, 4) is 0 Å². The van der Waals surface area contributed by atoms with Gasteiger partial charge < -0.3 is 0 Å². The zero-order chi connectivity index (χ0) is 15.3. The van der Waals surface area contributed by atoms with E-state index in [0.717, 1.165) is 6.42 Å². The smallest absolute Gasteiger partial charge is 0.199 e. The number of sulfone groups is 1. The molecule has 0 bridgehead atoms. The molecule has 2 rings (SSSR count). The first-order valence-electron chi connectivity index (χ1n) is 7.12.